The number of hydrogen-bond acceptors (Lipinski definition) is 6. The number of halogens is 1. The van der Waals surface area contributed by atoms with Crippen molar-refractivity contribution in [3.05, 3.63) is 71.0 Å². The third-order valence-corrected chi connectivity index (χ3v) is 5.96. The van der Waals surface area contributed by atoms with E-state index in [1.54, 1.807) is 0 Å². The third-order valence-electron chi connectivity index (χ3n) is 5.66. The highest BCUT2D eigenvalue weighted by Gasteiger charge is 2.17. The zero-order valence-corrected chi connectivity index (χ0v) is 18.9. The Bertz CT molecular complexity index is 1390. The second-order valence-electron chi connectivity index (χ2n) is 7.82. The number of unbranched alkanes of at least 4 members (excludes halogenated alkanes) is 1. The van der Waals surface area contributed by atoms with Gasteiger partial charge in [0.2, 0.25) is 5.82 Å². The van der Waals surface area contributed by atoms with Crippen molar-refractivity contribution >= 4 is 17.2 Å². The molecule has 0 fully saturated rings. The van der Waals surface area contributed by atoms with Gasteiger partial charge in [-0.15, -0.1) is 10.2 Å². The number of tetrazole rings is 1. The standard InChI is InChI=1S/C23H23ClN8O/c1-2-3-8-20-26-22(24)19(14-33)32(20)12-15-9-10-31-13-18(25-21(31)11-15)16-6-4-5-7-17(16)23-27-29-30-28-23/h4-7,9-11,13,33H,2-3,8,12,14H2,1H3,(H,27,28,29,30). The van der Waals surface area contributed by atoms with Crippen LogP contribution in [0.25, 0.3) is 28.3 Å². The van der Waals surface area contributed by atoms with Crippen molar-refractivity contribution in [2.24, 2.45) is 0 Å². The maximum absolute atomic E-state index is 9.84. The van der Waals surface area contributed by atoms with Gasteiger partial charge >= 0.3 is 0 Å². The Kier molecular flexibility index (Phi) is 5.89. The fraction of sp³-hybridized carbons (Fsp3) is 0.261. The highest BCUT2D eigenvalue weighted by atomic mass is 35.5. The number of rotatable bonds is 8. The van der Waals surface area contributed by atoms with Gasteiger partial charge in [-0.25, -0.2) is 9.97 Å². The number of pyridine rings is 1. The van der Waals surface area contributed by atoms with E-state index in [9.17, 15) is 5.11 Å². The first-order valence-corrected chi connectivity index (χ1v) is 11.2. The molecule has 0 atom stereocenters. The summed E-state index contributed by atoms with van der Waals surface area (Å²) in [5, 5.41) is 24.6. The van der Waals surface area contributed by atoms with Gasteiger partial charge in [0.1, 0.15) is 11.5 Å². The average molecular weight is 463 g/mol. The molecule has 10 heteroatoms. The van der Waals surface area contributed by atoms with Crippen LogP contribution in [0, 0.1) is 0 Å². The zero-order valence-electron chi connectivity index (χ0n) is 18.1. The molecule has 0 bridgehead atoms. The predicted octanol–water partition coefficient (Wildman–Crippen LogP) is 3.91. The highest BCUT2D eigenvalue weighted by molar-refractivity contribution is 6.30. The van der Waals surface area contributed by atoms with Gasteiger partial charge in [0, 0.05) is 36.5 Å². The number of aliphatic hydroxyl groups excluding tert-OH is 1. The summed E-state index contributed by atoms with van der Waals surface area (Å²) in [6, 6.07) is 11.9. The number of aromatic nitrogens is 8. The molecule has 0 aliphatic heterocycles. The van der Waals surface area contributed by atoms with Gasteiger partial charge in [-0.1, -0.05) is 49.2 Å². The van der Waals surface area contributed by atoms with Crippen molar-refractivity contribution in [1.82, 2.24) is 39.6 Å². The lowest BCUT2D eigenvalue weighted by molar-refractivity contribution is 0.271. The van der Waals surface area contributed by atoms with E-state index < -0.39 is 0 Å². The number of aromatic amines is 1. The second-order valence-corrected chi connectivity index (χ2v) is 8.18. The van der Waals surface area contributed by atoms with Crippen molar-refractivity contribution in [2.75, 3.05) is 0 Å². The first-order valence-electron chi connectivity index (χ1n) is 10.8. The van der Waals surface area contributed by atoms with E-state index in [0.717, 1.165) is 53.1 Å². The normalized spacial score (nSPS) is 11.5. The molecular formula is C23H23ClN8O. The summed E-state index contributed by atoms with van der Waals surface area (Å²) in [4.78, 5) is 9.34. The molecule has 4 aromatic heterocycles. The Morgan fingerprint density at radius 3 is 2.73 bits per heavy atom. The molecular weight excluding hydrogens is 440 g/mol. The van der Waals surface area contributed by atoms with Crippen LogP contribution in [0.5, 0.6) is 0 Å². The van der Waals surface area contributed by atoms with Crippen LogP contribution in [0.2, 0.25) is 5.15 Å². The summed E-state index contributed by atoms with van der Waals surface area (Å²) in [5.41, 5.74) is 5.11. The van der Waals surface area contributed by atoms with Gasteiger partial charge in [0.25, 0.3) is 0 Å². The van der Waals surface area contributed by atoms with Crippen molar-refractivity contribution < 1.29 is 5.11 Å². The van der Waals surface area contributed by atoms with Gasteiger partial charge in [-0.2, -0.15) is 5.21 Å². The summed E-state index contributed by atoms with van der Waals surface area (Å²) in [7, 11) is 0. The molecule has 0 saturated heterocycles. The summed E-state index contributed by atoms with van der Waals surface area (Å²) >= 11 is 6.29. The van der Waals surface area contributed by atoms with Crippen LogP contribution in [0.4, 0.5) is 0 Å². The topological polar surface area (TPSA) is 110 Å². The monoisotopic (exact) mass is 462 g/mol. The minimum absolute atomic E-state index is 0.152. The smallest absolute Gasteiger partial charge is 0.205 e. The van der Waals surface area contributed by atoms with Crippen LogP contribution in [0.3, 0.4) is 0 Å². The minimum Gasteiger partial charge on any atom is -0.390 e. The molecule has 0 aliphatic rings. The molecule has 0 unspecified atom stereocenters. The van der Waals surface area contributed by atoms with Crippen molar-refractivity contribution in [3.8, 4) is 22.6 Å². The lowest BCUT2D eigenvalue weighted by Gasteiger charge is -2.11. The number of aliphatic hydroxyl groups is 1. The van der Waals surface area contributed by atoms with E-state index in [2.05, 4.69) is 32.5 Å². The fourth-order valence-corrected chi connectivity index (χ4v) is 4.24. The summed E-state index contributed by atoms with van der Waals surface area (Å²) in [6.45, 7) is 2.55. The van der Waals surface area contributed by atoms with E-state index in [1.807, 2.05) is 57.8 Å². The van der Waals surface area contributed by atoms with Crippen molar-refractivity contribution in [2.45, 2.75) is 39.3 Å². The second kappa shape index (κ2) is 9.13. The van der Waals surface area contributed by atoms with E-state index in [4.69, 9.17) is 16.6 Å². The number of nitrogens with one attached hydrogen (secondary N) is 1. The van der Waals surface area contributed by atoms with Crippen LogP contribution < -0.4 is 0 Å². The molecule has 9 nitrogen and oxygen atoms in total. The molecule has 168 valence electrons. The third kappa shape index (κ3) is 4.12. The number of hydrogen-bond donors (Lipinski definition) is 2. The number of fused-ring (bicyclic) bond motifs is 1. The van der Waals surface area contributed by atoms with E-state index in [-0.39, 0.29) is 6.61 Å². The summed E-state index contributed by atoms with van der Waals surface area (Å²) < 4.78 is 4.00. The highest BCUT2D eigenvalue weighted by Crippen LogP contribution is 2.29. The number of aryl methyl sites for hydroxylation is 1. The average Bonchev–Trinajstić information content (AvgIpc) is 3.57. The summed E-state index contributed by atoms with van der Waals surface area (Å²) in [5.74, 6) is 1.42. The SMILES string of the molecule is CCCCc1nc(Cl)c(CO)n1Cc1ccn2cc(-c3ccccc3-c3nn[nH]n3)nc2c1. The molecule has 2 N–H and O–H groups in total. The Morgan fingerprint density at radius 1 is 1.12 bits per heavy atom. The van der Waals surface area contributed by atoms with Crippen molar-refractivity contribution in [3.63, 3.8) is 0 Å². The predicted molar refractivity (Wildman–Crippen MR) is 125 cm³/mol. The maximum Gasteiger partial charge on any atom is 0.205 e. The lowest BCUT2D eigenvalue weighted by atomic mass is 10.0. The van der Waals surface area contributed by atoms with E-state index in [1.165, 1.54) is 0 Å². The first kappa shape index (κ1) is 21.3. The van der Waals surface area contributed by atoms with Gasteiger partial charge in [-0.3, -0.25) is 0 Å². The molecule has 0 radical (unpaired) electrons. The van der Waals surface area contributed by atoms with Crippen molar-refractivity contribution in [1.29, 1.82) is 0 Å². The number of imidazole rings is 2. The minimum atomic E-state index is -0.152. The Labute approximate surface area is 195 Å². The molecule has 0 spiro atoms. The first-order chi connectivity index (χ1) is 16.2. The number of benzene rings is 1. The molecule has 0 aliphatic carbocycles. The van der Waals surface area contributed by atoms with Crippen LogP contribution in [-0.4, -0.2) is 44.7 Å². The van der Waals surface area contributed by atoms with Crippen LogP contribution in [-0.2, 0) is 19.6 Å². The molecule has 4 heterocycles. The lowest BCUT2D eigenvalue weighted by Crippen LogP contribution is -2.09. The maximum atomic E-state index is 9.84. The van der Waals surface area contributed by atoms with Crippen LogP contribution in [0.1, 0.15) is 36.8 Å². The molecule has 33 heavy (non-hydrogen) atoms. The van der Waals surface area contributed by atoms with E-state index in [0.29, 0.717) is 23.2 Å². The largest absolute Gasteiger partial charge is 0.390 e. The Balaban J connectivity index is 1.50. The fourth-order valence-electron chi connectivity index (χ4n) is 3.98. The Hall–Kier alpha value is -3.56. The quantitative estimate of drug-likeness (QED) is 0.361. The molecule has 1 aromatic carbocycles. The number of H-pyrrole nitrogens is 1. The molecule has 0 amide bonds. The van der Waals surface area contributed by atoms with Gasteiger partial charge < -0.3 is 14.1 Å². The molecule has 5 rings (SSSR count). The van der Waals surface area contributed by atoms with Gasteiger partial charge in [-0.05, 0) is 29.3 Å². The summed E-state index contributed by atoms with van der Waals surface area (Å²) in [6.07, 6.45) is 6.87. The zero-order chi connectivity index (χ0) is 22.8. The molecule has 0 saturated carbocycles. The number of nitrogens with zero attached hydrogens (tertiary/aromatic N) is 7. The van der Waals surface area contributed by atoms with Gasteiger partial charge in [0.15, 0.2) is 5.15 Å². The van der Waals surface area contributed by atoms with Gasteiger partial charge in [0.05, 0.1) is 18.0 Å². The van der Waals surface area contributed by atoms with Crippen LogP contribution in [0.15, 0.2) is 48.8 Å². The molecule has 5 aromatic rings. The van der Waals surface area contributed by atoms with Crippen LogP contribution >= 0.6 is 11.6 Å². The Morgan fingerprint density at radius 2 is 1.97 bits per heavy atom. The van der Waals surface area contributed by atoms with E-state index >= 15 is 0 Å².